The summed E-state index contributed by atoms with van der Waals surface area (Å²) in [7, 11) is 1.28. The van der Waals surface area contributed by atoms with Crippen LogP contribution in [0.2, 0.25) is 0 Å². The van der Waals surface area contributed by atoms with Crippen molar-refractivity contribution in [3.8, 4) is 0 Å². The molecule has 0 heterocycles. The zero-order valence-electron chi connectivity index (χ0n) is 9.54. The average molecular weight is 329 g/mol. The van der Waals surface area contributed by atoms with Gasteiger partial charge >= 0.3 is 12.1 Å². The fraction of sp³-hybridized carbons (Fsp3) is 0.778. The lowest BCUT2D eigenvalue weighted by molar-refractivity contribution is -0.144. The van der Waals surface area contributed by atoms with E-state index in [-0.39, 0.29) is 0 Å². The molecule has 0 aromatic heterocycles. The molecule has 5 nitrogen and oxygen atoms in total. The number of nitrogens with zero attached hydrogens (tertiary/aromatic N) is 1. The largest absolute Gasteiger partial charge is 0.467 e. The highest BCUT2D eigenvalue weighted by atomic mass is 127. The van der Waals surface area contributed by atoms with Crippen molar-refractivity contribution in [2.45, 2.75) is 39.3 Å². The molecule has 0 aromatic carbocycles. The fourth-order valence-corrected chi connectivity index (χ4v) is 1.05. The predicted molar refractivity (Wildman–Crippen MR) is 63.6 cm³/mol. The summed E-state index contributed by atoms with van der Waals surface area (Å²) < 4.78 is 10.8. The van der Waals surface area contributed by atoms with Gasteiger partial charge in [0.1, 0.15) is 11.6 Å². The molecule has 0 bridgehead atoms. The van der Waals surface area contributed by atoms with E-state index >= 15 is 0 Å². The Morgan fingerprint density at radius 2 is 1.80 bits per heavy atom. The van der Waals surface area contributed by atoms with E-state index in [4.69, 9.17) is 4.74 Å². The second kappa shape index (κ2) is 5.53. The van der Waals surface area contributed by atoms with Gasteiger partial charge in [-0.2, -0.15) is 0 Å². The van der Waals surface area contributed by atoms with Gasteiger partial charge in [0.15, 0.2) is 0 Å². The zero-order valence-corrected chi connectivity index (χ0v) is 11.7. The molecule has 0 N–H and O–H groups in total. The fourth-order valence-electron chi connectivity index (χ4n) is 0.727. The van der Waals surface area contributed by atoms with Gasteiger partial charge in [0, 0.05) is 0 Å². The van der Waals surface area contributed by atoms with Crippen molar-refractivity contribution in [2.24, 2.45) is 0 Å². The van der Waals surface area contributed by atoms with Crippen LogP contribution in [0.5, 0.6) is 0 Å². The Morgan fingerprint density at radius 1 is 1.33 bits per heavy atom. The molecule has 0 fully saturated rings. The highest BCUT2D eigenvalue weighted by Gasteiger charge is 2.28. The van der Waals surface area contributed by atoms with Gasteiger partial charge in [0.2, 0.25) is 0 Å². The van der Waals surface area contributed by atoms with Crippen LogP contribution in [0.1, 0.15) is 27.7 Å². The third-order valence-corrected chi connectivity index (χ3v) is 2.68. The zero-order chi connectivity index (χ0) is 12.2. The van der Waals surface area contributed by atoms with Crippen LogP contribution in [0, 0.1) is 0 Å². The standard InChI is InChI=1S/C9H16INO4/c1-6(7(12)14-5)11(10)8(13)15-9(2,3)4/h6H,1-5H3/t6-/m0/s1. The lowest BCUT2D eigenvalue weighted by Crippen LogP contribution is -2.40. The highest BCUT2D eigenvalue weighted by molar-refractivity contribution is 14.1. The molecule has 88 valence electrons. The van der Waals surface area contributed by atoms with E-state index in [1.54, 1.807) is 50.6 Å². The van der Waals surface area contributed by atoms with Crippen molar-refractivity contribution >= 4 is 34.9 Å². The number of carbonyl (C=O) groups excluding carboxylic acids is 2. The minimum Gasteiger partial charge on any atom is -0.467 e. The minimum atomic E-state index is -0.662. The second-order valence-electron chi connectivity index (χ2n) is 3.99. The monoisotopic (exact) mass is 329 g/mol. The molecule has 0 aliphatic heterocycles. The summed E-state index contributed by atoms with van der Waals surface area (Å²) in [6.45, 7) is 6.86. The SMILES string of the molecule is COC(=O)[C@H](C)N(I)C(=O)OC(C)(C)C. The number of carbonyl (C=O) groups is 2. The van der Waals surface area contributed by atoms with Crippen LogP contribution in [-0.2, 0) is 14.3 Å². The van der Waals surface area contributed by atoms with Crippen LogP contribution in [-0.4, -0.2) is 33.9 Å². The molecule has 0 rings (SSSR count). The Balaban J connectivity index is 4.39. The van der Waals surface area contributed by atoms with Crippen molar-refractivity contribution in [2.75, 3.05) is 7.11 Å². The van der Waals surface area contributed by atoms with Gasteiger partial charge in [0.05, 0.1) is 30.0 Å². The summed E-state index contributed by atoms with van der Waals surface area (Å²) in [5.74, 6) is -0.477. The maximum atomic E-state index is 11.5. The molecule has 0 saturated heterocycles. The molecule has 0 aliphatic rings. The van der Waals surface area contributed by atoms with E-state index in [0.717, 1.165) is 0 Å². The summed E-state index contributed by atoms with van der Waals surface area (Å²) in [5, 5.41) is 0. The lowest BCUT2D eigenvalue weighted by atomic mass is 10.2. The highest BCUT2D eigenvalue weighted by Crippen LogP contribution is 2.15. The van der Waals surface area contributed by atoms with Gasteiger partial charge < -0.3 is 9.47 Å². The van der Waals surface area contributed by atoms with E-state index < -0.39 is 23.7 Å². The summed E-state index contributed by atoms with van der Waals surface area (Å²) >= 11 is 1.73. The molecule has 0 spiro atoms. The van der Waals surface area contributed by atoms with Crippen LogP contribution in [0.15, 0.2) is 0 Å². The number of rotatable bonds is 2. The number of methoxy groups -OCH3 is 1. The first kappa shape index (κ1) is 14.5. The van der Waals surface area contributed by atoms with Gasteiger partial charge in [-0.25, -0.2) is 12.7 Å². The predicted octanol–water partition coefficient (Wildman–Crippen LogP) is 2.13. The Kier molecular flexibility index (Phi) is 5.33. The normalized spacial score (nSPS) is 12.9. The molecule has 0 saturated carbocycles. The van der Waals surface area contributed by atoms with Gasteiger partial charge in [-0.3, -0.25) is 0 Å². The quantitative estimate of drug-likeness (QED) is 0.442. The van der Waals surface area contributed by atoms with Gasteiger partial charge in [-0.05, 0) is 27.7 Å². The summed E-state index contributed by atoms with van der Waals surface area (Å²) in [6.07, 6.45) is -0.555. The second-order valence-corrected chi connectivity index (χ2v) is 5.03. The van der Waals surface area contributed by atoms with Crippen LogP contribution in [0.4, 0.5) is 4.79 Å². The summed E-state index contributed by atoms with van der Waals surface area (Å²) in [6, 6.07) is -0.662. The third-order valence-electron chi connectivity index (χ3n) is 1.45. The number of hydrogen-bond donors (Lipinski definition) is 0. The molecule has 1 amide bonds. The first-order chi connectivity index (χ1) is 6.69. The topological polar surface area (TPSA) is 55.8 Å². The Labute approximate surface area is 104 Å². The van der Waals surface area contributed by atoms with E-state index in [2.05, 4.69) is 4.74 Å². The van der Waals surface area contributed by atoms with E-state index in [0.29, 0.717) is 0 Å². The van der Waals surface area contributed by atoms with Crippen LogP contribution < -0.4 is 0 Å². The van der Waals surface area contributed by atoms with E-state index in [1.807, 2.05) is 0 Å². The number of halogens is 1. The van der Waals surface area contributed by atoms with Crippen LogP contribution in [0.3, 0.4) is 0 Å². The molecule has 0 aliphatic carbocycles. The molecule has 1 atom stereocenters. The first-order valence-corrected chi connectivity index (χ1v) is 5.41. The van der Waals surface area contributed by atoms with Crippen molar-refractivity contribution in [1.82, 2.24) is 3.11 Å². The van der Waals surface area contributed by atoms with Crippen molar-refractivity contribution in [3.05, 3.63) is 0 Å². The Bertz CT molecular complexity index is 249. The Hall–Kier alpha value is -0.530. The maximum Gasteiger partial charge on any atom is 0.419 e. The van der Waals surface area contributed by atoms with Crippen LogP contribution in [0.25, 0.3) is 0 Å². The van der Waals surface area contributed by atoms with Gasteiger partial charge in [-0.1, -0.05) is 0 Å². The maximum absolute atomic E-state index is 11.5. The van der Waals surface area contributed by atoms with E-state index in [9.17, 15) is 9.59 Å². The number of amides is 1. The van der Waals surface area contributed by atoms with Crippen molar-refractivity contribution < 1.29 is 19.1 Å². The number of hydrogen-bond acceptors (Lipinski definition) is 4. The van der Waals surface area contributed by atoms with Gasteiger partial charge in [0.25, 0.3) is 0 Å². The molecule has 0 aromatic rings. The van der Waals surface area contributed by atoms with Crippen LogP contribution >= 0.6 is 22.9 Å². The average Bonchev–Trinajstić information content (AvgIpc) is 2.11. The summed E-state index contributed by atoms with van der Waals surface area (Å²) in [5.41, 5.74) is -0.573. The molecular formula is C9H16INO4. The number of esters is 1. The minimum absolute atomic E-state index is 0.477. The first-order valence-electron chi connectivity index (χ1n) is 4.45. The smallest absolute Gasteiger partial charge is 0.419 e. The lowest BCUT2D eigenvalue weighted by Gasteiger charge is -2.25. The molecule has 15 heavy (non-hydrogen) atoms. The van der Waals surface area contributed by atoms with Gasteiger partial charge in [-0.15, -0.1) is 0 Å². The molecule has 6 heteroatoms. The third kappa shape index (κ3) is 5.19. The molecular weight excluding hydrogens is 313 g/mol. The van der Waals surface area contributed by atoms with Crippen molar-refractivity contribution in [3.63, 3.8) is 0 Å². The number of ether oxygens (including phenoxy) is 2. The Morgan fingerprint density at radius 3 is 2.13 bits per heavy atom. The molecule has 0 unspecified atom stereocenters. The molecule has 0 radical (unpaired) electrons. The summed E-state index contributed by atoms with van der Waals surface area (Å²) in [4.78, 5) is 22.7. The van der Waals surface area contributed by atoms with Crippen molar-refractivity contribution in [1.29, 1.82) is 0 Å². The van der Waals surface area contributed by atoms with E-state index in [1.165, 1.54) is 10.2 Å².